The second kappa shape index (κ2) is 3.86. The van der Waals surface area contributed by atoms with E-state index in [1.165, 1.54) is 6.42 Å². The molecule has 0 aliphatic carbocycles. The number of hydrogen-bond acceptors (Lipinski definition) is 2. The van der Waals surface area contributed by atoms with Crippen molar-refractivity contribution >= 4 is 0 Å². The average molecular weight is 178 g/mol. The van der Waals surface area contributed by atoms with Gasteiger partial charge in [-0.3, -0.25) is 9.97 Å². The summed E-state index contributed by atoms with van der Waals surface area (Å²) in [7, 11) is 0. The van der Waals surface area contributed by atoms with Gasteiger partial charge in [-0.1, -0.05) is 27.2 Å². The van der Waals surface area contributed by atoms with Crippen molar-refractivity contribution in [1.82, 2.24) is 9.97 Å². The molecule has 0 aliphatic heterocycles. The van der Waals surface area contributed by atoms with E-state index in [0.717, 1.165) is 17.8 Å². The molecule has 0 atom stereocenters. The van der Waals surface area contributed by atoms with Gasteiger partial charge in [0.2, 0.25) is 0 Å². The summed E-state index contributed by atoms with van der Waals surface area (Å²) in [6.45, 7) is 8.60. The molecule has 0 fully saturated rings. The van der Waals surface area contributed by atoms with Crippen molar-refractivity contribution in [1.29, 1.82) is 0 Å². The molecule has 0 radical (unpaired) electrons. The lowest BCUT2D eigenvalue weighted by molar-refractivity contribution is 0.457. The smallest absolute Gasteiger partial charge is 0.0643 e. The van der Waals surface area contributed by atoms with Gasteiger partial charge in [0.05, 0.1) is 11.4 Å². The summed E-state index contributed by atoms with van der Waals surface area (Å²) in [5, 5.41) is 0. The maximum atomic E-state index is 4.41. The van der Waals surface area contributed by atoms with E-state index in [1.807, 2.05) is 19.3 Å². The van der Waals surface area contributed by atoms with Crippen molar-refractivity contribution in [3.8, 4) is 0 Å². The summed E-state index contributed by atoms with van der Waals surface area (Å²) in [5.74, 6) is 0. The Hall–Kier alpha value is -0.920. The highest BCUT2D eigenvalue weighted by atomic mass is 14.8. The summed E-state index contributed by atoms with van der Waals surface area (Å²) >= 11 is 0. The predicted molar refractivity (Wildman–Crippen MR) is 54.7 cm³/mol. The first kappa shape index (κ1) is 10.2. The summed E-state index contributed by atoms with van der Waals surface area (Å²) < 4.78 is 0. The number of aryl methyl sites for hydroxylation is 1. The molecule has 0 aliphatic rings. The third kappa shape index (κ3) is 2.51. The number of aromatic nitrogens is 2. The van der Waals surface area contributed by atoms with Crippen molar-refractivity contribution < 1.29 is 0 Å². The van der Waals surface area contributed by atoms with Crippen LogP contribution in [-0.2, 0) is 5.41 Å². The molecule has 1 heterocycles. The van der Waals surface area contributed by atoms with Crippen LogP contribution in [0.3, 0.4) is 0 Å². The fraction of sp³-hybridized carbons (Fsp3) is 0.636. The van der Waals surface area contributed by atoms with E-state index in [4.69, 9.17) is 0 Å². The van der Waals surface area contributed by atoms with Crippen molar-refractivity contribution in [3.05, 3.63) is 23.8 Å². The van der Waals surface area contributed by atoms with Gasteiger partial charge in [-0.25, -0.2) is 0 Å². The highest BCUT2D eigenvalue weighted by molar-refractivity contribution is 5.11. The topological polar surface area (TPSA) is 25.8 Å². The second-order valence-electron chi connectivity index (χ2n) is 4.18. The number of rotatable bonds is 3. The monoisotopic (exact) mass is 178 g/mol. The van der Waals surface area contributed by atoms with E-state index in [0.29, 0.717) is 0 Å². The van der Waals surface area contributed by atoms with Crippen LogP contribution in [0, 0.1) is 6.92 Å². The molecular weight excluding hydrogens is 160 g/mol. The van der Waals surface area contributed by atoms with Crippen LogP contribution in [0.1, 0.15) is 45.0 Å². The van der Waals surface area contributed by atoms with Crippen LogP contribution in [0.5, 0.6) is 0 Å². The SMILES string of the molecule is CCCC(C)(C)c1cnc(C)cn1. The van der Waals surface area contributed by atoms with Crippen molar-refractivity contribution in [2.45, 2.75) is 46.0 Å². The Morgan fingerprint density at radius 3 is 2.38 bits per heavy atom. The lowest BCUT2D eigenvalue weighted by Gasteiger charge is -2.22. The Morgan fingerprint density at radius 1 is 1.23 bits per heavy atom. The molecular formula is C11H18N2. The molecule has 0 bridgehead atoms. The highest BCUT2D eigenvalue weighted by Gasteiger charge is 2.20. The van der Waals surface area contributed by atoms with E-state index < -0.39 is 0 Å². The Morgan fingerprint density at radius 2 is 1.92 bits per heavy atom. The van der Waals surface area contributed by atoms with Gasteiger partial charge >= 0.3 is 0 Å². The quantitative estimate of drug-likeness (QED) is 0.711. The normalized spacial score (nSPS) is 11.7. The molecule has 2 heteroatoms. The molecule has 0 amide bonds. The van der Waals surface area contributed by atoms with Crippen molar-refractivity contribution in [2.24, 2.45) is 0 Å². The first-order valence-corrected chi connectivity index (χ1v) is 4.85. The van der Waals surface area contributed by atoms with Gasteiger partial charge in [-0.05, 0) is 13.3 Å². The van der Waals surface area contributed by atoms with Gasteiger partial charge in [0.1, 0.15) is 0 Å². The fourth-order valence-electron chi connectivity index (χ4n) is 1.50. The third-order valence-corrected chi connectivity index (χ3v) is 2.35. The minimum Gasteiger partial charge on any atom is -0.258 e. The average Bonchev–Trinajstić information content (AvgIpc) is 2.05. The predicted octanol–water partition coefficient (Wildman–Crippen LogP) is 2.86. The number of hydrogen-bond donors (Lipinski definition) is 0. The van der Waals surface area contributed by atoms with Crippen LogP contribution in [-0.4, -0.2) is 9.97 Å². The minimum absolute atomic E-state index is 0.162. The first-order valence-electron chi connectivity index (χ1n) is 4.85. The van der Waals surface area contributed by atoms with Crippen molar-refractivity contribution in [2.75, 3.05) is 0 Å². The van der Waals surface area contributed by atoms with Crippen LogP contribution >= 0.6 is 0 Å². The molecule has 0 aromatic carbocycles. The molecule has 0 spiro atoms. The van der Waals surface area contributed by atoms with Crippen LogP contribution in [0.2, 0.25) is 0 Å². The summed E-state index contributed by atoms with van der Waals surface area (Å²) in [6, 6.07) is 0. The fourth-order valence-corrected chi connectivity index (χ4v) is 1.50. The zero-order valence-electron chi connectivity index (χ0n) is 8.96. The molecule has 0 saturated heterocycles. The molecule has 13 heavy (non-hydrogen) atoms. The highest BCUT2D eigenvalue weighted by Crippen LogP contribution is 2.25. The van der Waals surface area contributed by atoms with Crippen LogP contribution in [0.25, 0.3) is 0 Å². The minimum atomic E-state index is 0.162. The number of nitrogens with zero attached hydrogens (tertiary/aromatic N) is 2. The lowest BCUT2D eigenvalue weighted by atomic mass is 9.85. The van der Waals surface area contributed by atoms with Gasteiger partial charge in [0, 0.05) is 17.8 Å². The molecule has 1 aromatic rings. The van der Waals surface area contributed by atoms with Gasteiger partial charge in [0.15, 0.2) is 0 Å². The molecule has 0 N–H and O–H groups in total. The summed E-state index contributed by atoms with van der Waals surface area (Å²) in [4.78, 5) is 8.67. The Kier molecular flexibility index (Phi) is 3.02. The second-order valence-corrected chi connectivity index (χ2v) is 4.18. The van der Waals surface area contributed by atoms with Gasteiger partial charge in [-0.15, -0.1) is 0 Å². The maximum absolute atomic E-state index is 4.41. The standard InChI is InChI=1S/C11H18N2/c1-5-6-11(3,4)10-8-12-9(2)7-13-10/h7-8H,5-6H2,1-4H3. The zero-order chi connectivity index (χ0) is 9.90. The molecule has 1 rings (SSSR count). The molecule has 72 valence electrons. The van der Waals surface area contributed by atoms with E-state index in [2.05, 4.69) is 30.7 Å². The zero-order valence-corrected chi connectivity index (χ0v) is 8.96. The third-order valence-electron chi connectivity index (χ3n) is 2.35. The molecule has 0 unspecified atom stereocenters. The Labute approximate surface area is 80.4 Å². The van der Waals surface area contributed by atoms with Crippen LogP contribution < -0.4 is 0 Å². The van der Waals surface area contributed by atoms with Gasteiger partial charge < -0.3 is 0 Å². The molecule has 0 saturated carbocycles. The lowest BCUT2D eigenvalue weighted by Crippen LogP contribution is -2.18. The van der Waals surface area contributed by atoms with Crippen molar-refractivity contribution in [3.63, 3.8) is 0 Å². The van der Waals surface area contributed by atoms with Gasteiger partial charge in [0.25, 0.3) is 0 Å². The van der Waals surface area contributed by atoms with Crippen LogP contribution in [0.4, 0.5) is 0 Å². The van der Waals surface area contributed by atoms with E-state index in [1.54, 1.807) is 0 Å². The van der Waals surface area contributed by atoms with E-state index in [-0.39, 0.29) is 5.41 Å². The van der Waals surface area contributed by atoms with E-state index in [9.17, 15) is 0 Å². The molecule has 2 nitrogen and oxygen atoms in total. The summed E-state index contributed by atoms with van der Waals surface area (Å²) in [6.07, 6.45) is 6.07. The Bertz CT molecular complexity index is 262. The summed E-state index contributed by atoms with van der Waals surface area (Å²) in [5.41, 5.74) is 2.24. The molecule has 1 aromatic heterocycles. The Balaban J connectivity index is 2.87. The maximum Gasteiger partial charge on any atom is 0.0643 e. The van der Waals surface area contributed by atoms with Gasteiger partial charge in [-0.2, -0.15) is 0 Å². The van der Waals surface area contributed by atoms with E-state index >= 15 is 0 Å². The first-order chi connectivity index (χ1) is 6.06. The largest absolute Gasteiger partial charge is 0.258 e. The van der Waals surface area contributed by atoms with Crippen LogP contribution in [0.15, 0.2) is 12.4 Å².